The van der Waals surface area contributed by atoms with E-state index in [1.807, 2.05) is 24.3 Å². The number of nitrogens with zero attached hydrogens (tertiary/aromatic N) is 1. The number of hydrogen-bond acceptors (Lipinski definition) is 3. The monoisotopic (exact) mass is 317 g/mol. The number of methoxy groups -OCH3 is 1. The Bertz CT molecular complexity index is 659. The van der Waals surface area contributed by atoms with E-state index < -0.39 is 6.10 Å². The van der Waals surface area contributed by atoms with Gasteiger partial charge in [-0.1, -0.05) is 30.3 Å². The van der Waals surface area contributed by atoms with Crippen LogP contribution in [0.15, 0.2) is 53.5 Å². The smallest absolute Gasteiger partial charge is 0.193 e. The number of guanidine groups is 1. The Morgan fingerprint density at radius 3 is 2.65 bits per heavy atom. The Balaban J connectivity index is 1.99. The third-order valence-corrected chi connectivity index (χ3v) is 3.27. The molecule has 0 heterocycles. The lowest BCUT2D eigenvalue weighted by molar-refractivity contribution is 0.185. The van der Waals surface area contributed by atoms with Crippen LogP contribution in [0.4, 0.5) is 10.1 Å². The van der Waals surface area contributed by atoms with Crippen molar-refractivity contribution >= 4 is 11.6 Å². The molecule has 1 atom stereocenters. The number of ether oxygens (including phenoxy) is 1. The number of rotatable bonds is 6. The lowest BCUT2D eigenvalue weighted by atomic mass is 10.1. The highest BCUT2D eigenvalue weighted by molar-refractivity contribution is 5.92. The highest BCUT2D eigenvalue weighted by atomic mass is 19.1. The summed E-state index contributed by atoms with van der Waals surface area (Å²) in [4.78, 5) is 4.12. The third kappa shape index (κ3) is 5.05. The minimum atomic E-state index is -0.842. The van der Waals surface area contributed by atoms with Gasteiger partial charge < -0.3 is 20.9 Å². The molecule has 5 nitrogen and oxygen atoms in total. The quantitative estimate of drug-likeness (QED) is 0.565. The number of hydrogen-bond donors (Lipinski definition) is 3. The number of para-hydroxylation sites is 1. The molecule has 6 heteroatoms. The Hall–Kier alpha value is -2.44. The molecule has 0 saturated heterocycles. The van der Waals surface area contributed by atoms with Gasteiger partial charge in [0.05, 0.1) is 19.3 Å². The topological polar surface area (TPSA) is 79.9 Å². The van der Waals surface area contributed by atoms with Gasteiger partial charge in [0, 0.05) is 18.4 Å². The first-order valence-electron chi connectivity index (χ1n) is 7.17. The summed E-state index contributed by atoms with van der Waals surface area (Å²) in [6, 6.07) is 13.2. The van der Waals surface area contributed by atoms with Crippen LogP contribution in [0, 0.1) is 5.82 Å². The van der Waals surface area contributed by atoms with Crippen LogP contribution < -0.4 is 11.1 Å². The number of aliphatic hydroxyl groups excluding tert-OH is 1. The van der Waals surface area contributed by atoms with Crippen molar-refractivity contribution in [2.75, 3.05) is 19.0 Å². The van der Waals surface area contributed by atoms with Crippen molar-refractivity contribution in [2.45, 2.75) is 12.7 Å². The fourth-order valence-electron chi connectivity index (χ4n) is 2.08. The lowest BCUT2D eigenvalue weighted by Gasteiger charge is -2.12. The zero-order valence-corrected chi connectivity index (χ0v) is 12.9. The minimum absolute atomic E-state index is 0.0803. The average Bonchev–Trinajstić information content (AvgIpc) is 2.55. The molecule has 0 saturated carbocycles. The Morgan fingerprint density at radius 2 is 1.96 bits per heavy atom. The second-order valence-electron chi connectivity index (χ2n) is 5.01. The summed E-state index contributed by atoms with van der Waals surface area (Å²) in [5, 5.41) is 13.0. The number of nitrogens with two attached hydrogens (primary N) is 1. The van der Waals surface area contributed by atoms with Gasteiger partial charge in [-0.2, -0.15) is 0 Å². The first-order chi connectivity index (χ1) is 11.1. The molecule has 2 rings (SSSR count). The average molecular weight is 317 g/mol. The number of benzene rings is 2. The van der Waals surface area contributed by atoms with Gasteiger partial charge in [-0.3, -0.25) is 4.99 Å². The van der Waals surface area contributed by atoms with E-state index in [9.17, 15) is 9.50 Å². The Labute approximate surface area is 134 Å². The summed E-state index contributed by atoms with van der Waals surface area (Å²) in [6.45, 7) is 0.533. The van der Waals surface area contributed by atoms with E-state index in [4.69, 9.17) is 10.5 Å². The summed E-state index contributed by atoms with van der Waals surface area (Å²) in [7, 11) is 1.62. The normalized spacial score (nSPS) is 12.9. The summed E-state index contributed by atoms with van der Waals surface area (Å²) < 4.78 is 18.0. The van der Waals surface area contributed by atoms with Crippen molar-refractivity contribution in [1.29, 1.82) is 0 Å². The molecular weight excluding hydrogens is 297 g/mol. The fraction of sp³-hybridized carbons (Fsp3) is 0.235. The molecule has 0 aliphatic heterocycles. The molecule has 122 valence electrons. The molecule has 1 unspecified atom stereocenters. The molecule has 0 radical (unpaired) electrons. The van der Waals surface area contributed by atoms with Crippen molar-refractivity contribution in [3.05, 3.63) is 65.5 Å². The fourth-order valence-corrected chi connectivity index (χ4v) is 2.08. The van der Waals surface area contributed by atoms with Crippen LogP contribution in [-0.2, 0) is 11.3 Å². The van der Waals surface area contributed by atoms with E-state index >= 15 is 0 Å². The second kappa shape index (κ2) is 8.26. The van der Waals surface area contributed by atoms with Crippen molar-refractivity contribution in [3.63, 3.8) is 0 Å². The molecule has 0 amide bonds. The molecule has 0 aliphatic carbocycles. The van der Waals surface area contributed by atoms with Crippen LogP contribution in [0.5, 0.6) is 0 Å². The van der Waals surface area contributed by atoms with Crippen molar-refractivity contribution < 1.29 is 14.2 Å². The van der Waals surface area contributed by atoms with Crippen molar-refractivity contribution in [3.8, 4) is 0 Å². The van der Waals surface area contributed by atoms with E-state index in [-0.39, 0.29) is 18.3 Å². The van der Waals surface area contributed by atoms with E-state index in [1.165, 1.54) is 24.3 Å². The number of aliphatic imine (C=N–C) groups is 1. The maximum Gasteiger partial charge on any atom is 0.193 e. The van der Waals surface area contributed by atoms with Crippen LogP contribution in [-0.4, -0.2) is 24.7 Å². The maximum absolute atomic E-state index is 12.9. The summed E-state index contributed by atoms with van der Waals surface area (Å²) in [6.07, 6.45) is -0.842. The van der Waals surface area contributed by atoms with Crippen LogP contribution in [0.2, 0.25) is 0 Å². The lowest BCUT2D eigenvalue weighted by Crippen LogP contribution is -2.24. The van der Waals surface area contributed by atoms with E-state index in [1.54, 1.807) is 7.11 Å². The molecule has 0 bridgehead atoms. The number of nitrogens with one attached hydrogen (secondary N) is 1. The Kier molecular flexibility index (Phi) is 6.08. The number of anilines is 1. The van der Waals surface area contributed by atoms with Gasteiger partial charge in [0.1, 0.15) is 5.82 Å². The van der Waals surface area contributed by atoms with E-state index in [2.05, 4.69) is 10.3 Å². The van der Waals surface area contributed by atoms with E-state index in [0.717, 1.165) is 11.3 Å². The van der Waals surface area contributed by atoms with Crippen molar-refractivity contribution in [2.24, 2.45) is 10.7 Å². The molecule has 2 aromatic rings. The minimum Gasteiger partial charge on any atom is -0.386 e. The SMILES string of the molecule is COCc1ccccc1NC(N)=NCC(O)c1ccc(F)cc1. The molecule has 0 aromatic heterocycles. The first kappa shape index (κ1) is 16.9. The highest BCUT2D eigenvalue weighted by Gasteiger charge is 2.08. The largest absolute Gasteiger partial charge is 0.386 e. The molecule has 4 N–H and O–H groups in total. The van der Waals surface area contributed by atoms with Gasteiger partial charge >= 0.3 is 0 Å². The zero-order valence-electron chi connectivity index (χ0n) is 12.9. The second-order valence-corrected chi connectivity index (χ2v) is 5.01. The summed E-state index contributed by atoms with van der Waals surface area (Å²) >= 11 is 0. The molecule has 0 fully saturated rings. The third-order valence-electron chi connectivity index (χ3n) is 3.27. The van der Waals surface area contributed by atoms with Gasteiger partial charge in [-0.25, -0.2) is 4.39 Å². The van der Waals surface area contributed by atoms with Crippen LogP contribution >= 0.6 is 0 Å². The van der Waals surface area contributed by atoms with E-state index in [0.29, 0.717) is 12.2 Å². The molecule has 0 aliphatic rings. The molecule has 23 heavy (non-hydrogen) atoms. The van der Waals surface area contributed by atoms with Crippen LogP contribution in [0.25, 0.3) is 0 Å². The predicted octanol–water partition coefficient (Wildman–Crippen LogP) is 2.43. The van der Waals surface area contributed by atoms with Gasteiger partial charge in [0.25, 0.3) is 0 Å². The van der Waals surface area contributed by atoms with Gasteiger partial charge in [-0.05, 0) is 23.8 Å². The zero-order chi connectivity index (χ0) is 16.7. The van der Waals surface area contributed by atoms with Gasteiger partial charge in [0.15, 0.2) is 5.96 Å². The first-order valence-corrected chi connectivity index (χ1v) is 7.17. The van der Waals surface area contributed by atoms with Crippen LogP contribution in [0.1, 0.15) is 17.2 Å². The summed E-state index contributed by atoms with van der Waals surface area (Å²) in [5.41, 5.74) is 8.18. The standard InChI is InChI=1S/C17H20FN3O2/c1-23-11-13-4-2-3-5-15(13)21-17(19)20-10-16(22)12-6-8-14(18)9-7-12/h2-9,16,22H,10-11H2,1H3,(H3,19,20,21). The van der Waals surface area contributed by atoms with Gasteiger partial charge in [0.2, 0.25) is 0 Å². The number of aliphatic hydroxyl groups is 1. The summed E-state index contributed by atoms with van der Waals surface area (Å²) in [5.74, 6) is -0.157. The Morgan fingerprint density at radius 1 is 1.26 bits per heavy atom. The van der Waals surface area contributed by atoms with Gasteiger partial charge in [-0.15, -0.1) is 0 Å². The molecule has 2 aromatic carbocycles. The highest BCUT2D eigenvalue weighted by Crippen LogP contribution is 2.16. The predicted molar refractivity (Wildman–Crippen MR) is 88.6 cm³/mol. The molecule has 0 spiro atoms. The number of halogens is 1. The molecular formula is C17H20FN3O2. The maximum atomic E-state index is 12.9. The van der Waals surface area contributed by atoms with Crippen molar-refractivity contribution in [1.82, 2.24) is 0 Å². The van der Waals surface area contributed by atoms with Crippen LogP contribution in [0.3, 0.4) is 0 Å².